The van der Waals surface area contributed by atoms with Crippen LogP contribution in [0.2, 0.25) is 0 Å². The summed E-state index contributed by atoms with van der Waals surface area (Å²) in [4.78, 5) is 1.45. The van der Waals surface area contributed by atoms with Gasteiger partial charge in [0.05, 0.1) is 14.5 Å². The lowest BCUT2D eigenvalue weighted by Crippen LogP contribution is -2.33. The largest absolute Gasteiger partial charge is 0.0699 e. The lowest BCUT2D eigenvalue weighted by atomic mass is 9.65. The fraction of sp³-hybridized carbons (Fsp3) is 0.0312. The molecule has 33 heavy (non-hydrogen) atoms. The first kappa shape index (κ1) is 18.7. The zero-order chi connectivity index (χ0) is 21.8. The molecule has 7 rings (SSSR count). The molecular weight excluding hydrogens is 412 g/mol. The van der Waals surface area contributed by atoms with Crippen LogP contribution in [-0.4, -0.2) is 9.13 Å². The van der Waals surface area contributed by atoms with Crippen LogP contribution in [0.15, 0.2) is 133 Å². The van der Waals surface area contributed by atoms with Crippen LogP contribution in [0.1, 0.15) is 11.1 Å². The molecule has 1 radical (unpaired) electrons. The maximum absolute atomic E-state index is 2.43. The highest BCUT2D eigenvalue weighted by atomic mass is 28.2. The van der Waals surface area contributed by atoms with Gasteiger partial charge in [-0.3, -0.25) is 0 Å². The maximum atomic E-state index is 2.43. The van der Waals surface area contributed by atoms with Gasteiger partial charge in [0.15, 0.2) is 0 Å². The van der Waals surface area contributed by atoms with E-state index in [1.807, 2.05) is 0 Å². The lowest BCUT2D eigenvalue weighted by Gasteiger charge is -2.38. The van der Waals surface area contributed by atoms with E-state index in [2.05, 4.69) is 127 Å². The summed E-state index contributed by atoms with van der Waals surface area (Å²) < 4.78 is 0. The van der Waals surface area contributed by atoms with Crippen LogP contribution in [0, 0.1) is 4.81 Å². The zero-order valence-electron chi connectivity index (χ0n) is 18.1. The summed E-state index contributed by atoms with van der Waals surface area (Å²) in [5.41, 5.74) is 3.80. The Morgan fingerprint density at radius 1 is 0.606 bits per heavy atom. The molecule has 1 heterocycles. The lowest BCUT2D eigenvalue weighted by molar-refractivity contribution is 0.842. The van der Waals surface area contributed by atoms with Gasteiger partial charge in [0, 0.05) is 0 Å². The predicted molar refractivity (Wildman–Crippen MR) is 140 cm³/mol. The minimum absolute atomic E-state index is 0.339. The minimum Gasteiger partial charge on any atom is -0.0652 e. The molecule has 0 amide bonds. The van der Waals surface area contributed by atoms with Crippen LogP contribution in [0.25, 0.3) is 27.1 Å². The Balaban J connectivity index is 1.68. The summed E-state index contributed by atoms with van der Waals surface area (Å²) in [6.07, 6.45) is 7.05. The normalized spacial score (nSPS) is 18.7. The molecule has 0 fully saturated rings. The van der Waals surface area contributed by atoms with Crippen LogP contribution in [0.3, 0.4) is 0 Å². The quantitative estimate of drug-likeness (QED) is 0.277. The molecular formula is C32H21Si. The molecule has 1 aliphatic carbocycles. The highest BCUT2D eigenvalue weighted by Crippen LogP contribution is 2.49. The average Bonchev–Trinajstić information content (AvgIpc) is 3.27. The first-order chi connectivity index (χ1) is 16.3. The first-order valence-electron chi connectivity index (χ1n) is 11.5. The van der Waals surface area contributed by atoms with E-state index in [1.165, 1.54) is 53.5 Å². The van der Waals surface area contributed by atoms with Crippen molar-refractivity contribution >= 4 is 36.2 Å². The van der Waals surface area contributed by atoms with Gasteiger partial charge in [0.2, 0.25) is 0 Å². The fourth-order valence-electron chi connectivity index (χ4n) is 5.71. The fourth-order valence-corrected chi connectivity index (χ4v) is 7.16. The van der Waals surface area contributed by atoms with Crippen molar-refractivity contribution in [1.82, 2.24) is 0 Å². The van der Waals surface area contributed by atoms with Crippen molar-refractivity contribution in [2.45, 2.75) is 5.41 Å². The monoisotopic (exact) mass is 433 g/mol. The Kier molecular flexibility index (Phi) is 4.03. The van der Waals surface area contributed by atoms with E-state index < -0.39 is 0 Å². The predicted octanol–water partition coefficient (Wildman–Crippen LogP) is 6.55. The summed E-state index contributed by atoms with van der Waals surface area (Å²) in [7, 11) is 0.697. The third-order valence-corrected chi connectivity index (χ3v) is 8.55. The van der Waals surface area contributed by atoms with E-state index in [1.54, 1.807) is 0 Å². The number of rotatable bonds is 2. The minimum atomic E-state index is -0.339. The van der Waals surface area contributed by atoms with Crippen LogP contribution in [0.5, 0.6) is 0 Å². The molecule has 0 saturated heterocycles. The Bertz CT molecular complexity index is 1760. The summed E-state index contributed by atoms with van der Waals surface area (Å²) in [6.45, 7) is 0. The van der Waals surface area contributed by atoms with E-state index in [9.17, 15) is 0 Å². The highest BCUT2D eigenvalue weighted by molar-refractivity contribution is 6.45. The summed E-state index contributed by atoms with van der Waals surface area (Å²) in [5, 5.41) is 8.03. The van der Waals surface area contributed by atoms with Gasteiger partial charge in [-0.05, 0) is 59.5 Å². The molecule has 153 valence electrons. The third-order valence-electron chi connectivity index (χ3n) is 7.16. The molecule has 0 saturated carbocycles. The molecule has 1 heteroatoms. The number of allylic oxidation sites excluding steroid dienone is 4. The maximum Gasteiger partial charge on any atom is 0.0699 e. The van der Waals surface area contributed by atoms with Crippen molar-refractivity contribution in [2.24, 2.45) is 0 Å². The number of fused-ring (bicyclic) bond motifs is 4. The molecule has 5 aromatic carbocycles. The van der Waals surface area contributed by atoms with Gasteiger partial charge in [-0.25, -0.2) is 0 Å². The second kappa shape index (κ2) is 7.10. The van der Waals surface area contributed by atoms with Crippen molar-refractivity contribution in [3.63, 3.8) is 0 Å². The SMILES string of the molecule is C1=CC(c2ccc3ccccc3c2)(c2cccc3ccccc23)C2=c3ccccc3=[Si]C2=C1. The van der Waals surface area contributed by atoms with Crippen molar-refractivity contribution in [2.75, 3.05) is 0 Å². The van der Waals surface area contributed by atoms with Gasteiger partial charge < -0.3 is 0 Å². The molecule has 5 aromatic rings. The number of benzene rings is 5. The second-order valence-corrected chi connectivity index (χ2v) is 10.2. The van der Waals surface area contributed by atoms with E-state index >= 15 is 0 Å². The summed E-state index contributed by atoms with van der Waals surface area (Å²) in [6, 6.07) is 40.3. The van der Waals surface area contributed by atoms with Crippen LogP contribution < -0.4 is 5.22 Å². The first-order valence-corrected chi connectivity index (χ1v) is 12.5. The van der Waals surface area contributed by atoms with Crippen molar-refractivity contribution < 1.29 is 0 Å². The Morgan fingerprint density at radius 2 is 1.36 bits per heavy atom. The number of hydrogen-bond acceptors (Lipinski definition) is 0. The van der Waals surface area contributed by atoms with Crippen LogP contribution >= 0.6 is 0 Å². The van der Waals surface area contributed by atoms with Gasteiger partial charge in [-0.15, -0.1) is 0 Å². The summed E-state index contributed by atoms with van der Waals surface area (Å²) in [5.74, 6) is 0. The Hall–Kier alpha value is -3.81. The number of hydrogen-bond donors (Lipinski definition) is 0. The van der Waals surface area contributed by atoms with Gasteiger partial charge in [-0.1, -0.05) is 121 Å². The average molecular weight is 434 g/mol. The van der Waals surface area contributed by atoms with Gasteiger partial charge in [-0.2, -0.15) is 0 Å². The molecule has 0 nitrogen and oxygen atoms in total. The van der Waals surface area contributed by atoms with E-state index in [0.717, 1.165) is 0 Å². The Labute approximate surface area is 195 Å². The van der Waals surface area contributed by atoms with Crippen molar-refractivity contribution in [3.8, 4) is 0 Å². The molecule has 0 bridgehead atoms. The van der Waals surface area contributed by atoms with E-state index in [0.29, 0.717) is 9.13 Å². The van der Waals surface area contributed by atoms with Crippen LogP contribution in [-0.2, 0) is 5.41 Å². The highest BCUT2D eigenvalue weighted by Gasteiger charge is 2.41. The molecule has 1 unspecified atom stereocenters. The van der Waals surface area contributed by atoms with Gasteiger partial charge in [0.25, 0.3) is 0 Å². The Morgan fingerprint density at radius 3 is 2.30 bits per heavy atom. The molecule has 1 atom stereocenters. The smallest absolute Gasteiger partial charge is 0.0652 e. The molecule has 0 N–H and O–H groups in total. The standard InChI is InChI=1S/C32H21Si/c1-2-11-24-21-25(19-18-22(24)9-1)32(28-15-7-12-23-10-3-4-13-26(23)28)20-8-17-30-31(32)27-14-5-6-16-29(27)33-30/h1-21H. The van der Waals surface area contributed by atoms with Gasteiger partial charge >= 0.3 is 0 Å². The summed E-state index contributed by atoms with van der Waals surface area (Å²) >= 11 is 0. The second-order valence-electron chi connectivity index (χ2n) is 8.88. The van der Waals surface area contributed by atoms with E-state index in [-0.39, 0.29) is 5.41 Å². The zero-order valence-corrected chi connectivity index (χ0v) is 19.1. The van der Waals surface area contributed by atoms with E-state index in [4.69, 9.17) is 0 Å². The molecule has 0 spiro atoms. The molecule has 0 aromatic heterocycles. The topological polar surface area (TPSA) is 0 Å². The third kappa shape index (κ3) is 2.66. The van der Waals surface area contributed by atoms with Crippen molar-refractivity contribution in [1.29, 1.82) is 0 Å². The van der Waals surface area contributed by atoms with Crippen molar-refractivity contribution in [3.05, 3.63) is 154 Å². The molecule has 1 aliphatic heterocycles. The van der Waals surface area contributed by atoms with Gasteiger partial charge in [0.1, 0.15) is 0 Å². The van der Waals surface area contributed by atoms with Crippen LogP contribution in [0.4, 0.5) is 0 Å². The molecule has 2 aliphatic rings.